The van der Waals surface area contributed by atoms with Crippen molar-refractivity contribution < 1.29 is 4.79 Å². The van der Waals surface area contributed by atoms with E-state index in [9.17, 15) is 4.79 Å². The molecule has 0 spiro atoms. The van der Waals surface area contributed by atoms with Gasteiger partial charge in [0.25, 0.3) is 0 Å². The molecule has 0 fully saturated rings. The Kier molecular flexibility index (Phi) is 5.88. The smallest absolute Gasteiger partial charge is 0.234 e. The SMILES string of the molecule is CCC(C)C(C)NCC(=O)NC(C)(C)C. The number of hydrogen-bond donors (Lipinski definition) is 2. The molecule has 0 radical (unpaired) electrons. The highest BCUT2D eigenvalue weighted by Crippen LogP contribution is 2.06. The predicted octanol–water partition coefficient (Wildman–Crippen LogP) is 1.93. The van der Waals surface area contributed by atoms with Crippen LogP contribution in [0.3, 0.4) is 0 Å². The van der Waals surface area contributed by atoms with Gasteiger partial charge < -0.3 is 10.6 Å². The third-order valence-corrected chi connectivity index (χ3v) is 2.60. The van der Waals surface area contributed by atoms with E-state index in [-0.39, 0.29) is 11.4 Å². The summed E-state index contributed by atoms with van der Waals surface area (Å²) in [6.45, 7) is 12.9. The Labute approximate surface area is 94.0 Å². The standard InChI is InChI=1S/C12H26N2O/c1-7-9(2)10(3)13-8-11(15)14-12(4,5)6/h9-10,13H,7-8H2,1-6H3,(H,14,15). The highest BCUT2D eigenvalue weighted by atomic mass is 16.2. The number of amides is 1. The van der Waals surface area contributed by atoms with E-state index in [0.29, 0.717) is 18.5 Å². The largest absolute Gasteiger partial charge is 0.350 e. The summed E-state index contributed by atoms with van der Waals surface area (Å²) in [5.41, 5.74) is -0.141. The maximum atomic E-state index is 11.5. The summed E-state index contributed by atoms with van der Waals surface area (Å²) in [4.78, 5) is 11.5. The number of nitrogens with one attached hydrogen (secondary N) is 2. The lowest BCUT2D eigenvalue weighted by atomic mass is 10.0. The molecule has 3 nitrogen and oxygen atoms in total. The van der Waals surface area contributed by atoms with E-state index in [2.05, 4.69) is 31.4 Å². The molecule has 0 saturated heterocycles. The molecular weight excluding hydrogens is 188 g/mol. The van der Waals surface area contributed by atoms with Crippen LogP contribution in [0, 0.1) is 5.92 Å². The summed E-state index contributed by atoms with van der Waals surface area (Å²) >= 11 is 0. The Balaban J connectivity index is 3.81. The van der Waals surface area contributed by atoms with Crippen LogP contribution >= 0.6 is 0 Å². The van der Waals surface area contributed by atoms with Crippen LogP contribution in [-0.2, 0) is 4.79 Å². The Morgan fingerprint density at radius 2 is 1.80 bits per heavy atom. The van der Waals surface area contributed by atoms with Crippen molar-refractivity contribution in [3.63, 3.8) is 0 Å². The highest BCUT2D eigenvalue weighted by Gasteiger charge is 2.15. The molecule has 0 bridgehead atoms. The van der Waals surface area contributed by atoms with Gasteiger partial charge >= 0.3 is 0 Å². The molecule has 0 heterocycles. The van der Waals surface area contributed by atoms with Gasteiger partial charge in [-0.25, -0.2) is 0 Å². The fraction of sp³-hybridized carbons (Fsp3) is 0.917. The van der Waals surface area contributed by atoms with Crippen molar-refractivity contribution in [3.05, 3.63) is 0 Å². The minimum absolute atomic E-state index is 0.0673. The lowest BCUT2D eigenvalue weighted by Gasteiger charge is -2.23. The zero-order valence-corrected chi connectivity index (χ0v) is 11.0. The van der Waals surface area contributed by atoms with Gasteiger partial charge in [0.05, 0.1) is 6.54 Å². The maximum Gasteiger partial charge on any atom is 0.234 e. The summed E-state index contributed by atoms with van der Waals surface area (Å²) in [5.74, 6) is 0.671. The topological polar surface area (TPSA) is 41.1 Å². The van der Waals surface area contributed by atoms with Gasteiger partial charge in [0.1, 0.15) is 0 Å². The van der Waals surface area contributed by atoms with E-state index < -0.39 is 0 Å². The second-order valence-electron chi connectivity index (χ2n) is 5.35. The van der Waals surface area contributed by atoms with Crippen LogP contribution < -0.4 is 10.6 Å². The minimum Gasteiger partial charge on any atom is -0.350 e. The summed E-state index contributed by atoms with van der Waals surface area (Å²) < 4.78 is 0. The van der Waals surface area contributed by atoms with Gasteiger partial charge in [0, 0.05) is 11.6 Å². The van der Waals surface area contributed by atoms with Crippen LogP contribution in [-0.4, -0.2) is 24.0 Å². The van der Waals surface area contributed by atoms with Crippen LogP contribution in [0.15, 0.2) is 0 Å². The van der Waals surface area contributed by atoms with Crippen LogP contribution in [0.4, 0.5) is 0 Å². The third kappa shape index (κ3) is 7.37. The average Bonchev–Trinajstić information content (AvgIpc) is 2.10. The molecular formula is C12H26N2O. The first-order valence-electron chi connectivity index (χ1n) is 5.80. The number of rotatable bonds is 5. The van der Waals surface area contributed by atoms with Gasteiger partial charge in [-0.05, 0) is 33.6 Å². The van der Waals surface area contributed by atoms with Gasteiger partial charge in [0.2, 0.25) is 5.91 Å². The lowest BCUT2D eigenvalue weighted by Crippen LogP contribution is -2.47. The highest BCUT2D eigenvalue weighted by molar-refractivity contribution is 5.78. The van der Waals surface area contributed by atoms with Crippen molar-refractivity contribution in [2.24, 2.45) is 5.92 Å². The van der Waals surface area contributed by atoms with Crippen molar-refractivity contribution in [2.75, 3.05) is 6.54 Å². The maximum absolute atomic E-state index is 11.5. The summed E-state index contributed by atoms with van der Waals surface area (Å²) in [6.07, 6.45) is 1.13. The fourth-order valence-corrected chi connectivity index (χ4v) is 1.27. The van der Waals surface area contributed by atoms with Crippen molar-refractivity contribution in [1.29, 1.82) is 0 Å². The van der Waals surface area contributed by atoms with Crippen LogP contribution in [0.1, 0.15) is 48.0 Å². The van der Waals surface area contributed by atoms with Crippen LogP contribution in [0.25, 0.3) is 0 Å². The number of carbonyl (C=O) groups is 1. The molecule has 2 atom stereocenters. The molecule has 1 amide bonds. The van der Waals surface area contributed by atoms with Gasteiger partial charge in [-0.15, -0.1) is 0 Å². The Bertz CT molecular complexity index is 196. The summed E-state index contributed by atoms with van der Waals surface area (Å²) in [5, 5.41) is 6.17. The molecule has 0 saturated carbocycles. The molecule has 0 aromatic heterocycles. The molecule has 0 aliphatic carbocycles. The molecule has 0 aliphatic heterocycles. The predicted molar refractivity (Wildman–Crippen MR) is 64.8 cm³/mol. The van der Waals surface area contributed by atoms with Crippen molar-refractivity contribution in [3.8, 4) is 0 Å². The first-order valence-corrected chi connectivity index (χ1v) is 5.80. The monoisotopic (exact) mass is 214 g/mol. The van der Waals surface area contributed by atoms with Crippen molar-refractivity contribution in [2.45, 2.75) is 59.5 Å². The molecule has 2 N–H and O–H groups in total. The summed E-state index contributed by atoms with van der Waals surface area (Å²) in [7, 11) is 0. The van der Waals surface area contributed by atoms with E-state index in [4.69, 9.17) is 0 Å². The number of carbonyl (C=O) groups excluding carboxylic acids is 1. The second kappa shape index (κ2) is 6.11. The van der Waals surface area contributed by atoms with Crippen molar-refractivity contribution >= 4 is 5.91 Å². The molecule has 0 aromatic rings. The van der Waals surface area contributed by atoms with E-state index in [1.54, 1.807) is 0 Å². The molecule has 3 heteroatoms. The van der Waals surface area contributed by atoms with Crippen LogP contribution in [0.5, 0.6) is 0 Å². The van der Waals surface area contributed by atoms with E-state index in [1.807, 2.05) is 20.8 Å². The van der Waals surface area contributed by atoms with Crippen LogP contribution in [0.2, 0.25) is 0 Å². The fourth-order valence-electron chi connectivity index (χ4n) is 1.27. The molecule has 0 rings (SSSR count). The first-order chi connectivity index (χ1) is 6.76. The van der Waals surface area contributed by atoms with Crippen molar-refractivity contribution in [1.82, 2.24) is 10.6 Å². The van der Waals surface area contributed by atoms with E-state index in [0.717, 1.165) is 6.42 Å². The molecule has 0 aromatic carbocycles. The molecule has 15 heavy (non-hydrogen) atoms. The molecule has 90 valence electrons. The zero-order valence-electron chi connectivity index (χ0n) is 11.0. The quantitative estimate of drug-likeness (QED) is 0.734. The minimum atomic E-state index is -0.141. The normalized spacial score (nSPS) is 15.9. The van der Waals surface area contributed by atoms with Gasteiger partial charge in [-0.1, -0.05) is 20.3 Å². The molecule has 0 aliphatic rings. The average molecular weight is 214 g/mol. The Morgan fingerprint density at radius 3 is 2.20 bits per heavy atom. The zero-order chi connectivity index (χ0) is 12.1. The Morgan fingerprint density at radius 1 is 1.27 bits per heavy atom. The second-order valence-corrected chi connectivity index (χ2v) is 5.35. The number of hydrogen-bond acceptors (Lipinski definition) is 2. The van der Waals surface area contributed by atoms with Gasteiger partial charge in [0.15, 0.2) is 0 Å². The van der Waals surface area contributed by atoms with Gasteiger partial charge in [-0.3, -0.25) is 4.79 Å². The molecule has 2 unspecified atom stereocenters. The van der Waals surface area contributed by atoms with Gasteiger partial charge in [-0.2, -0.15) is 0 Å². The third-order valence-electron chi connectivity index (χ3n) is 2.60. The van der Waals surface area contributed by atoms with E-state index in [1.165, 1.54) is 0 Å². The van der Waals surface area contributed by atoms with E-state index >= 15 is 0 Å². The summed E-state index contributed by atoms with van der Waals surface area (Å²) in [6, 6.07) is 0.390. The first kappa shape index (κ1) is 14.4. The lowest BCUT2D eigenvalue weighted by molar-refractivity contribution is -0.121. The Hall–Kier alpha value is -0.570.